The van der Waals surface area contributed by atoms with Gasteiger partial charge in [0.25, 0.3) is 0 Å². The Morgan fingerprint density at radius 3 is 2.38 bits per heavy atom. The van der Waals surface area contributed by atoms with Gasteiger partial charge in [0, 0.05) is 33.7 Å². The normalized spacial score (nSPS) is 11.8. The zero-order chi connectivity index (χ0) is 18.2. The Labute approximate surface area is 145 Å². The lowest BCUT2D eigenvalue weighted by molar-refractivity contribution is -0.128. The Balaban J connectivity index is 2.63. The van der Waals surface area contributed by atoms with Crippen LogP contribution in [0.2, 0.25) is 0 Å². The number of benzene rings is 1. The first-order valence-corrected chi connectivity index (χ1v) is 8.17. The average molecular weight is 334 g/mol. The molecule has 0 unspecified atom stereocenters. The summed E-state index contributed by atoms with van der Waals surface area (Å²) < 4.78 is 5.17. The maximum Gasteiger partial charge on any atom is 0.227 e. The van der Waals surface area contributed by atoms with Gasteiger partial charge in [-0.2, -0.15) is 0 Å². The average Bonchev–Trinajstić information content (AvgIpc) is 2.56. The van der Waals surface area contributed by atoms with Crippen molar-refractivity contribution in [2.24, 2.45) is 10.4 Å². The minimum absolute atomic E-state index is 0.0331. The van der Waals surface area contributed by atoms with Crippen LogP contribution in [0.15, 0.2) is 29.3 Å². The van der Waals surface area contributed by atoms with E-state index < -0.39 is 5.41 Å². The minimum atomic E-state index is -0.507. The Morgan fingerprint density at radius 1 is 1.25 bits per heavy atom. The highest BCUT2D eigenvalue weighted by Gasteiger charge is 2.27. The molecule has 134 valence electrons. The zero-order valence-electron chi connectivity index (χ0n) is 15.6. The second kappa shape index (κ2) is 9.15. The smallest absolute Gasteiger partial charge is 0.227 e. The molecule has 0 aliphatic heterocycles. The minimum Gasteiger partial charge on any atom is -0.497 e. The van der Waals surface area contributed by atoms with Crippen LogP contribution in [0.1, 0.15) is 26.3 Å². The van der Waals surface area contributed by atoms with Crippen LogP contribution in [0.5, 0.6) is 5.75 Å². The zero-order valence-corrected chi connectivity index (χ0v) is 15.6. The van der Waals surface area contributed by atoms with E-state index in [4.69, 9.17) is 4.74 Å². The van der Waals surface area contributed by atoms with E-state index in [1.54, 1.807) is 14.2 Å². The van der Waals surface area contributed by atoms with Gasteiger partial charge in [-0.15, -0.1) is 0 Å². The number of carbonyl (C=O) groups is 1. The van der Waals surface area contributed by atoms with Crippen molar-refractivity contribution in [1.29, 1.82) is 0 Å². The van der Waals surface area contributed by atoms with E-state index in [1.165, 1.54) is 0 Å². The van der Waals surface area contributed by atoms with E-state index >= 15 is 0 Å². The van der Waals surface area contributed by atoms with Crippen molar-refractivity contribution in [2.45, 2.75) is 27.3 Å². The van der Waals surface area contributed by atoms with Crippen molar-refractivity contribution in [3.8, 4) is 5.75 Å². The van der Waals surface area contributed by atoms with Gasteiger partial charge in [-0.3, -0.25) is 9.79 Å². The number of guanidine groups is 1. The summed E-state index contributed by atoms with van der Waals surface area (Å²) in [4.78, 5) is 18.4. The van der Waals surface area contributed by atoms with Crippen LogP contribution in [0.3, 0.4) is 0 Å². The highest BCUT2D eigenvalue weighted by atomic mass is 16.5. The van der Waals surface area contributed by atoms with E-state index in [0.717, 1.165) is 17.3 Å². The molecule has 1 amide bonds. The third kappa shape index (κ3) is 5.76. The number of nitrogens with one attached hydrogen (secondary N) is 2. The SMILES string of the molecule is CCNC(=O)C(C)(C)CNC(=NC)N(C)Cc1ccc(OC)cc1. The van der Waals surface area contributed by atoms with Crippen molar-refractivity contribution >= 4 is 11.9 Å². The van der Waals surface area contributed by atoms with Crippen LogP contribution < -0.4 is 15.4 Å². The number of rotatable bonds is 7. The molecule has 0 radical (unpaired) electrons. The Bertz CT molecular complexity index is 553. The molecule has 0 saturated heterocycles. The molecular formula is C18H30N4O2. The first-order valence-electron chi connectivity index (χ1n) is 8.17. The summed E-state index contributed by atoms with van der Waals surface area (Å²) in [6, 6.07) is 7.94. The van der Waals surface area contributed by atoms with Gasteiger partial charge in [-0.1, -0.05) is 12.1 Å². The molecule has 0 spiro atoms. The first-order chi connectivity index (χ1) is 11.3. The van der Waals surface area contributed by atoms with Crippen molar-refractivity contribution in [3.63, 3.8) is 0 Å². The van der Waals surface area contributed by atoms with Gasteiger partial charge in [0.2, 0.25) is 5.91 Å². The number of ether oxygens (including phenoxy) is 1. The summed E-state index contributed by atoms with van der Waals surface area (Å²) in [6.45, 7) is 7.62. The maximum absolute atomic E-state index is 12.1. The van der Waals surface area contributed by atoms with Crippen LogP contribution in [-0.2, 0) is 11.3 Å². The number of nitrogens with zero attached hydrogens (tertiary/aromatic N) is 2. The molecule has 0 saturated carbocycles. The predicted octanol–water partition coefficient (Wildman–Crippen LogP) is 1.86. The third-order valence-corrected chi connectivity index (χ3v) is 3.79. The number of methoxy groups -OCH3 is 1. The van der Waals surface area contributed by atoms with E-state index in [-0.39, 0.29) is 5.91 Å². The number of aliphatic imine (C=N–C) groups is 1. The Morgan fingerprint density at radius 2 is 1.88 bits per heavy atom. The quantitative estimate of drug-likeness (QED) is 0.590. The highest BCUT2D eigenvalue weighted by Crippen LogP contribution is 2.15. The summed E-state index contributed by atoms with van der Waals surface area (Å²) in [5, 5.41) is 6.15. The molecule has 2 N–H and O–H groups in total. The topological polar surface area (TPSA) is 66.0 Å². The van der Waals surface area contributed by atoms with Crippen LogP contribution in [0.4, 0.5) is 0 Å². The van der Waals surface area contributed by atoms with Gasteiger partial charge in [0.05, 0.1) is 12.5 Å². The number of hydrogen-bond donors (Lipinski definition) is 2. The molecule has 0 aromatic heterocycles. The molecule has 0 atom stereocenters. The van der Waals surface area contributed by atoms with Crippen LogP contribution in [-0.4, -0.2) is 51.1 Å². The summed E-state index contributed by atoms with van der Waals surface area (Å²) >= 11 is 0. The van der Waals surface area contributed by atoms with Crippen LogP contribution in [0.25, 0.3) is 0 Å². The molecule has 1 rings (SSSR count). The first kappa shape index (κ1) is 19.8. The lowest BCUT2D eigenvalue weighted by atomic mass is 9.92. The number of hydrogen-bond acceptors (Lipinski definition) is 3. The fourth-order valence-electron chi connectivity index (χ4n) is 2.24. The van der Waals surface area contributed by atoms with Crippen molar-refractivity contribution in [2.75, 3.05) is 34.3 Å². The largest absolute Gasteiger partial charge is 0.497 e. The van der Waals surface area contributed by atoms with Gasteiger partial charge < -0.3 is 20.3 Å². The fraction of sp³-hybridized carbons (Fsp3) is 0.556. The van der Waals surface area contributed by atoms with E-state index in [1.807, 2.05) is 57.0 Å². The molecule has 0 aliphatic carbocycles. The van der Waals surface area contributed by atoms with Gasteiger partial charge >= 0.3 is 0 Å². The number of carbonyl (C=O) groups excluding carboxylic acids is 1. The number of amides is 1. The summed E-state index contributed by atoms with van der Waals surface area (Å²) in [5.74, 6) is 1.63. The molecule has 6 nitrogen and oxygen atoms in total. The molecule has 0 heterocycles. The Hall–Kier alpha value is -2.24. The fourth-order valence-corrected chi connectivity index (χ4v) is 2.24. The van der Waals surface area contributed by atoms with Crippen molar-refractivity contribution < 1.29 is 9.53 Å². The highest BCUT2D eigenvalue weighted by molar-refractivity contribution is 5.84. The predicted molar refractivity (Wildman–Crippen MR) is 98.3 cm³/mol. The summed E-state index contributed by atoms with van der Waals surface area (Å²) in [7, 11) is 5.37. The van der Waals surface area contributed by atoms with Crippen LogP contribution in [0, 0.1) is 5.41 Å². The standard InChI is InChI=1S/C18H30N4O2/c1-7-20-16(23)18(2,3)13-21-17(19-4)22(5)12-14-8-10-15(24-6)11-9-14/h8-11H,7,12-13H2,1-6H3,(H,19,21)(H,20,23). The molecule has 0 bridgehead atoms. The van der Waals surface area contributed by atoms with Gasteiger partial charge in [-0.05, 0) is 38.5 Å². The molecule has 6 heteroatoms. The van der Waals surface area contributed by atoms with Gasteiger partial charge in [0.15, 0.2) is 5.96 Å². The monoisotopic (exact) mass is 334 g/mol. The second-order valence-electron chi connectivity index (χ2n) is 6.35. The summed E-state index contributed by atoms with van der Waals surface area (Å²) in [5.41, 5.74) is 0.650. The molecule has 1 aromatic carbocycles. The van der Waals surface area contributed by atoms with E-state index in [0.29, 0.717) is 19.6 Å². The lowest BCUT2D eigenvalue weighted by Gasteiger charge is -2.28. The summed E-state index contributed by atoms with van der Waals surface area (Å²) in [6.07, 6.45) is 0. The van der Waals surface area contributed by atoms with Crippen molar-refractivity contribution in [3.05, 3.63) is 29.8 Å². The van der Waals surface area contributed by atoms with Crippen LogP contribution >= 0.6 is 0 Å². The lowest BCUT2D eigenvalue weighted by Crippen LogP contribution is -2.48. The molecular weight excluding hydrogens is 304 g/mol. The van der Waals surface area contributed by atoms with E-state index in [9.17, 15) is 4.79 Å². The van der Waals surface area contributed by atoms with E-state index in [2.05, 4.69) is 15.6 Å². The second-order valence-corrected chi connectivity index (χ2v) is 6.35. The molecule has 0 fully saturated rings. The van der Waals surface area contributed by atoms with Crippen molar-refractivity contribution in [1.82, 2.24) is 15.5 Å². The van der Waals surface area contributed by atoms with Gasteiger partial charge in [0.1, 0.15) is 5.75 Å². The van der Waals surface area contributed by atoms with Gasteiger partial charge in [-0.25, -0.2) is 0 Å². The molecule has 24 heavy (non-hydrogen) atoms. The maximum atomic E-state index is 12.1. The molecule has 1 aromatic rings. The third-order valence-electron chi connectivity index (χ3n) is 3.79. The molecule has 0 aliphatic rings. The Kier molecular flexibility index (Phi) is 7.55.